The normalized spacial score (nSPS) is 13.7. The Morgan fingerprint density at radius 2 is 1.62 bits per heavy atom. The number of rotatable bonds is 7. The topological polar surface area (TPSA) is 69.7 Å². The van der Waals surface area contributed by atoms with Gasteiger partial charge < -0.3 is 10.2 Å². The number of benzene rings is 3. The summed E-state index contributed by atoms with van der Waals surface area (Å²) in [4.78, 5) is 15.1. The molecule has 1 heterocycles. The molecular formula is C25H27N3O3S. The maximum Gasteiger partial charge on any atom is 0.264 e. The highest BCUT2D eigenvalue weighted by atomic mass is 32.2. The summed E-state index contributed by atoms with van der Waals surface area (Å²) in [7, 11) is -2.28. The van der Waals surface area contributed by atoms with E-state index in [4.69, 9.17) is 0 Å². The first kappa shape index (κ1) is 21.9. The molecule has 0 aliphatic carbocycles. The third-order valence-corrected chi connectivity index (χ3v) is 7.52. The Labute approximate surface area is 189 Å². The molecule has 0 saturated carbocycles. The lowest BCUT2D eigenvalue weighted by atomic mass is 10.1. The van der Waals surface area contributed by atoms with Crippen LogP contribution in [0.3, 0.4) is 0 Å². The highest BCUT2D eigenvalue weighted by molar-refractivity contribution is 7.92. The van der Waals surface area contributed by atoms with Gasteiger partial charge in [-0.2, -0.15) is 0 Å². The molecule has 0 bridgehead atoms. The highest BCUT2D eigenvalue weighted by Crippen LogP contribution is 2.23. The Morgan fingerprint density at radius 1 is 0.938 bits per heavy atom. The first-order chi connectivity index (χ1) is 15.4. The monoisotopic (exact) mass is 449 g/mol. The molecular weight excluding hydrogens is 422 g/mol. The van der Waals surface area contributed by atoms with Gasteiger partial charge in [-0.15, -0.1) is 0 Å². The summed E-state index contributed by atoms with van der Waals surface area (Å²) in [5, 5.41) is 2.88. The molecule has 3 aromatic carbocycles. The van der Waals surface area contributed by atoms with Gasteiger partial charge in [0.2, 0.25) is 0 Å². The molecule has 1 amide bonds. The minimum atomic E-state index is -3.78. The van der Waals surface area contributed by atoms with Crippen LogP contribution in [-0.2, 0) is 16.6 Å². The zero-order valence-electron chi connectivity index (χ0n) is 18.1. The minimum absolute atomic E-state index is 0.0754. The maximum absolute atomic E-state index is 13.0. The molecule has 0 radical (unpaired) electrons. The second kappa shape index (κ2) is 9.44. The van der Waals surface area contributed by atoms with Crippen LogP contribution >= 0.6 is 0 Å². The molecule has 1 aliphatic rings. The fourth-order valence-electron chi connectivity index (χ4n) is 3.82. The quantitative estimate of drug-likeness (QED) is 0.591. The number of nitrogens with one attached hydrogen (secondary N) is 1. The molecule has 0 atom stereocenters. The van der Waals surface area contributed by atoms with Gasteiger partial charge in [0.1, 0.15) is 0 Å². The van der Waals surface area contributed by atoms with Gasteiger partial charge in [-0.05, 0) is 60.9 Å². The summed E-state index contributed by atoms with van der Waals surface area (Å²) in [5.74, 6) is -0.312. The predicted molar refractivity (Wildman–Crippen MR) is 128 cm³/mol. The molecule has 6 nitrogen and oxygen atoms in total. The molecule has 3 aromatic rings. The lowest BCUT2D eigenvalue weighted by Gasteiger charge is -2.19. The lowest BCUT2D eigenvalue weighted by Crippen LogP contribution is -2.27. The van der Waals surface area contributed by atoms with E-state index in [1.54, 1.807) is 36.4 Å². The Kier molecular flexibility index (Phi) is 6.46. The summed E-state index contributed by atoms with van der Waals surface area (Å²) < 4.78 is 27.3. The third-order valence-electron chi connectivity index (χ3n) is 5.74. The van der Waals surface area contributed by atoms with Gasteiger partial charge in [0.25, 0.3) is 15.9 Å². The number of carbonyl (C=O) groups is 1. The van der Waals surface area contributed by atoms with Crippen LogP contribution in [0.2, 0.25) is 0 Å². The second-order valence-electron chi connectivity index (χ2n) is 7.88. The van der Waals surface area contributed by atoms with E-state index in [0.717, 1.165) is 18.7 Å². The second-order valence-corrected chi connectivity index (χ2v) is 9.85. The van der Waals surface area contributed by atoms with E-state index < -0.39 is 10.0 Å². The molecule has 1 N–H and O–H groups in total. The Hall–Kier alpha value is -3.32. The largest absolute Gasteiger partial charge is 0.372 e. The van der Waals surface area contributed by atoms with Crippen molar-refractivity contribution in [1.29, 1.82) is 0 Å². The van der Waals surface area contributed by atoms with Gasteiger partial charge in [-0.1, -0.05) is 36.4 Å². The van der Waals surface area contributed by atoms with Gasteiger partial charge in [-0.25, -0.2) is 8.42 Å². The number of anilines is 2. The average molecular weight is 450 g/mol. The van der Waals surface area contributed by atoms with Crippen LogP contribution < -0.4 is 14.5 Å². The molecule has 4 rings (SSSR count). The van der Waals surface area contributed by atoms with Crippen molar-refractivity contribution in [1.82, 2.24) is 5.32 Å². The number of sulfonamides is 1. The number of nitrogens with zero attached hydrogens (tertiary/aromatic N) is 2. The van der Waals surface area contributed by atoms with Gasteiger partial charge in [0, 0.05) is 37.9 Å². The van der Waals surface area contributed by atoms with E-state index >= 15 is 0 Å². The lowest BCUT2D eigenvalue weighted by molar-refractivity contribution is 0.0950. The summed E-state index contributed by atoms with van der Waals surface area (Å²) in [6.45, 7) is 2.56. The highest BCUT2D eigenvalue weighted by Gasteiger charge is 2.22. The van der Waals surface area contributed by atoms with E-state index in [1.165, 1.54) is 42.0 Å². The van der Waals surface area contributed by atoms with Crippen LogP contribution in [0.1, 0.15) is 28.8 Å². The van der Waals surface area contributed by atoms with Crippen molar-refractivity contribution in [2.24, 2.45) is 0 Å². The zero-order chi connectivity index (χ0) is 22.6. The van der Waals surface area contributed by atoms with E-state index in [9.17, 15) is 13.2 Å². The first-order valence-corrected chi connectivity index (χ1v) is 12.2. The molecule has 7 heteroatoms. The van der Waals surface area contributed by atoms with Crippen molar-refractivity contribution in [3.8, 4) is 0 Å². The molecule has 1 aliphatic heterocycles. The van der Waals surface area contributed by atoms with Crippen molar-refractivity contribution < 1.29 is 13.2 Å². The summed E-state index contributed by atoms with van der Waals surface area (Å²) in [6, 6.07) is 23.2. The number of hydrogen-bond acceptors (Lipinski definition) is 4. The number of para-hydroxylation sites is 1. The molecule has 166 valence electrons. The fourth-order valence-corrected chi connectivity index (χ4v) is 5.06. The van der Waals surface area contributed by atoms with E-state index in [1.807, 2.05) is 18.2 Å². The van der Waals surface area contributed by atoms with Gasteiger partial charge in [0.15, 0.2) is 0 Å². The van der Waals surface area contributed by atoms with Crippen LogP contribution in [0.15, 0.2) is 83.8 Å². The van der Waals surface area contributed by atoms with E-state index in [0.29, 0.717) is 17.8 Å². The van der Waals surface area contributed by atoms with Crippen LogP contribution in [-0.4, -0.2) is 34.5 Å². The molecule has 32 heavy (non-hydrogen) atoms. The predicted octanol–water partition coefficient (Wildman–Crippen LogP) is 4.04. The van der Waals surface area contributed by atoms with Crippen molar-refractivity contribution in [3.63, 3.8) is 0 Å². The first-order valence-electron chi connectivity index (χ1n) is 10.7. The SMILES string of the molecule is CN(c1ccccc1)S(=O)(=O)c1cccc(C(=O)NCc2ccc(N3CCCC3)cc2)c1. The van der Waals surface area contributed by atoms with E-state index in [2.05, 4.69) is 22.3 Å². The summed E-state index contributed by atoms with van der Waals surface area (Å²) in [5.41, 5.74) is 3.06. The van der Waals surface area contributed by atoms with Gasteiger partial charge in [-0.3, -0.25) is 9.10 Å². The number of carbonyl (C=O) groups excluding carboxylic acids is 1. The standard InChI is InChI=1S/C25H27N3O3S/c1-27(22-9-3-2-4-10-22)32(30,31)24-11-7-8-21(18-24)25(29)26-19-20-12-14-23(15-13-20)28-16-5-6-17-28/h2-4,7-15,18H,5-6,16-17,19H2,1H3,(H,26,29). The Bertz CT molecular complexity index is 1170. The third kappa shape index (κ3) is 4.78. The summed E-state index contributed by atoms with van der Waals surface area (Å²) >= 11 is 0. The Morgan fingerprint density at radius 3 is 2.31 bits per heavy atom. The zero-order valence-corrected chi connectivity index (χ0v) is 18.9. The van der Waals surface area contributed by atoms with Gasteiger partial charge in [0.05, 0.1) is 10.6 Å². The number of hydrogen-bond donors (Lipinski definition) is 1. The van der Waals surface area contributed by atoms with Crippen LogP contribution in [0.4, 0.5) is 11.4 Å². The van der Waals surface area contributed by atoms with Gasteiger partial charge >= 0.3 is 0 Å². The average Bonchev–Trinajstić information content (AvgIpc) is 3.38. The van der Waals surface area contributed by atoms with Crippen molar-refractivity contribution >= 4 is 27.3 Å². The number of amides is 1. The molecule has 1 saturated heterocycles. The Balaban J connectivity index is 1.43. The maximum atomic E-state index is 13.0. The minimum Gasteiger partial charge on any atom is -0.372 e. The van der Waals surface area contributed by atoms with E-state index in [-0.39, 0.29) is 10.8 Å². The van der Waals surface area contributed by atoms with Crippen molar-refractivity contribution in [3.05, 3.63) is 90.0 Å². The smallest absolute Gasteiger partial charge is 0.264 e. The molecule has 0 spiro atoms. The fraction of sp³-hybridized carbons (Fsp3) is 0.240. The summed E-state index contributed by atoms with van der Waals surface area (Å²) in [6.07, 6.45) is 2.46. The van der Waals surface area contributed by atoms with Crippen molar-refractivity contribution in [2.75, 3.05) is 29.3 Å². The molecule has 0 aromatic heterocycles. The van der Waals surface area contributed by atoms with Crippen molar-refractivity contribution in [2.45, 2.75) is 24.3 Å². The molecule has 1 fully saturated rings. The molecule has 0 unspecified atom stereocenters. The van der Waals surface area contributed by atoms with Crippen LogP contribution in [0, 0.1) is 0 Å². The van der Waals surface area contributed by atoms with Crippen LogP contribution in [0.25, 0.3) is 0 Å². The van der Waals surface area contributed by atoms with Crippen LogP contribution in [0.5, 0.6) is 0 Å².